The lowest BCUT2D eigenvalue weighted by Gasteiger charge is -2.21. The Bertz CT molecular complexity index is 257. The molecule has 1 aliphatic carbocycles. The summed E-state index contributed by atoms with van der Waals surface area (Å²) in [5.41, 5.74) is 2.68. The summed E-state index contributed by atoms with van der Waals surface area (Å²) < 4.78 is 5.40. The van der Waals surface area contributed by atoms with Gasteiger partial charge in [0, 0.05) is 18.6 Å². The van der Waals surface area contributed by atoms with Crippen molar-refractivity contribution in [2.75, 3.05) is 13.2 Å². The summed E-state index contributed by atoms with van der Waals surface area (Å²) in [5.74, 6) is 6.82. The molecule has 5 heteroatoms. The fourth-order valence-electron chi connectivity index (χ4n) is 2.61. The lowest BCUT2D eigenvalue weighted by molar-refractivity contribution is 0.180. The van der Waals surface area contributed by atoms with E-state index in [4.69, 9.17) is 10.6 Å². The van der Waals surface area contributed by atoms with Gasteiger partial charge < -0.3 is 10.1 Å². The number of hydrazine groups is 1. The van der Waals surface area contributed by atoms with Gasteiger partial charge in [-0.3, -0.25) is 5.43 Å². The highest BCUT2D eigenvalue weighted by atomic mass is 16.5. The van der Waals surface area contributed by atoms with Crippen LogP contribution in [0.5, 0.6) is 0 Å². The molecule has 1 saturated carbocycles. The van der Waals surface area contributed by atoms with E-state index in [9.17, 15) is 0 Å². The van der Waals surface area contributed by atoms with Crippen LogP contribution in [0.2, 0.25) is 0 Å². The van der Waals surface area contributed by atoms with Gasteiger partial charge in [0.05, 0.1) is 12.6 Å². The summed E-state index contributed by atoms with van der Waals surface area (Å²) >= 11 is 0. The molecular formula is C12H24N4O. The molecule has 2 aliphatic rings. The lowest BCUT2D eigenvalue weighted by Crippen LogP contribution is -2.48. The van der Waals surface area contributed by atoms with Crippen LogP contribution in [0.1, 0.15) is 39.0 Å². The molecule has 98 valence electrons. The summed E-state index contributed by atoms with van der Waals surface area (Å²) in [6, 6.07) is 0.800. The van der Waals surface area contributed by atoms with Gasteiger partial charge in [-0.15, -0.1) is 0 Å². The predicted molar refractivity (Wildman–Crippen MR) is 68.5 cm³/mol. The van der Waals surface area contributed by atoms with Crippen LogP contribution in [-0.2, 0) is 4.74 Å². The quantitative estimate of drug-likeness (QED) is 0.295. The second kappa shape index (κ2) is 6.21. The third kappa shape index (κ3) is 3.57. The second-order valence-corrected chi connectivity index (χ2v) is 5.12. The summed E-state index contributed by atoms with van der Waals surface area (Å²) in [4.78, 5) is 4.63. The molecule has 17 heavy (non-hydrogen) atoms. The highest BCUT2D eigenvalue weighted by Crippen LogP contribution is 2.21. The zero-order valence-corrected chi connectivity index (χ0v) is 10.6. The SMILES string of the molecule is CC(NC(=NC1CCCC1)NN)C1CCOC1. The van der Waals surface area contributed by atoms with E-state index >= 15 is 0 Å². The highest BCUT2D eigenvalue weighted by molar-refractivity contribution is 5.79. The van der Waals surface area contributed by atoms with Gasteiger partial charge in [0.2, 0.25) is 5.96 Å². The number of hydrogen-bond acceptors (Lipinski definition) is 3. The molecule has 1 heterocycles. The third-order valence-electron chi connectivity index (χ3n) is 3.81. The van der Waals surface area contributed by atoms with Crippen LogP contribution in [-0.4, -0.2) is 31.3 Å². The zero-order valence-electron chi connectivity index (χ0n) is 10.6. The first-order valence-electron chi connectivity index (χ1n) is 6.68. The number of nitrogens with one attached hydrogen (secondary N) is 2. The zero-order chi connectivity index (χ0) is 12.1. The Morgan fingerprint density at radius 3 is 2.71 bits per heavy atom. The molecule has 0 aromatic carbocycles. The van der Waals surface area contributed by atoms with Crippen LogP contribution in [0.4, 0.5) is 0 Å². The van der Waals surface area contributed by atoms with Crippen LogP contribution >= 0.6 is 0 Å². The maximum Gasteiger partial charge on any atom is 0.206 e. The summed E-state index contributed by atoms with van der Waals surface area (Å²) in [5, 5.41) is 3.37. The fraction of sp³-hybridized carbons (Fsp3) is 0.917. The molecule has 4 N–H and O–H groups in total. The van der Waals surface area contributed by atoms with E-state index in [1.807, 2.05) is 0 Å². The Morgan fingerprint density at radius 1 is 1.35 bits per heavy atom. The number of guanidine groups is 1. The van der Waals surface area contributed by atoms with Gasteiger partial charge in [-0.05, 0) is 26.2 Å². The van der Waals surface area contributed by atoms with Crippen LogP contribution in [0, 0.1) is 5.92 Å². The van der Waals surface area contributed by atoms with E-state index in [0.29, 0.717) is 18.0 Å². The van der Waals surface area contributed by atoms with Crippen molar-refractivity contribution in [1.29, 1.82) is 0 Å². The summed E-state index contributed by atoms with van der Waals surface area (Å²) in [6.07, 6.45) is 6.08. The molecule has 1 aliphatic heterocycles. The van der Waals surface area contributed by atoms with Gasteiger partial charge in [0.15, 0.2) is 0 Å². The average Bonchev–Trinajstić information content (AvgIpc) is 3.00. The predicted octanol–water partition coefficient (Wildman–Crippen LogP) is 0.763. The second-order valence-electron chi connectivity index (χ2n) is 5.12. The van der Waals surface area contributed by atoms with E-state index < -0.39 is 0 Å². The largest absolute Gasteiger partial charge is 0.381 e. The first kappa shape index (κ1) is 12.6. The molecule has 0 spiro atoms. The van der Waals surface area contributed by atoms with Crippen molar-refractivity contribution in [1.82, 2.24) is 10.7 Å². The van der Waals surface area contributed by atoms with Crippen LogP contribution in [0.3, 0.4) is 0 Å². The molecule has 2 rings (SSSR count). The Balaban J connectivity index is 1.84. The van der Waals surface area contributed by atoms with Crippen molar-refractivity contribution >= 4 is 5.96 Å². The number of hydrogen-bond donors (Lipinski definition) is 3. The number of ether oxygens (including phenoxy) is 1. The van der Waals surface area contributed by atoms with E-state index in [-0.39, 0.29) is 0 Å². The van der Waals surface area contributed by atoms with Crippen molar-refractivity contribution in [2.45, 2.75) is 51.1 Å². The lowest BCUT2D eigenvalue weighted by atomic mass is 10.0. The number of nitrogens with zero attached hydrogens (tertiary/aromatic N) is 1. The maximum atomic E-state index is 5.52. The number of rotatable bonds is 3. The van der Waals surface area contributed by atoms with Crippen LogP contribution in [0.25, 0.3) is 0 Å². The topological polar surface area (TPSA) is 71.7 Å². The molecule has 5 nitrogen and oxygen atoms in total. The average molecular weight is 240 g/mol. The minimum Gasteiger partial charge on any atom is -0.381 e. The molecule has 1 saturated heterocycles. The highest BCUT2D eigenvalue weighted by Gasteiger charge is 2.23. The molecular weight excluding hydrogens is 216 g/mol. The van der Waals surface area contributed by atoms with E-state index in [1.54, 1.807) is 0 Å². The third-order valence-corrected chi connectivity index (χ3v) is 3.81. The minimum absolute atomic E-state index is 0.355. The molecule has 2 atom stereocenters. The van der Waals surface area contributed by atoms with Gasteiger partial charge in [-0.1, -0.05) is 12.8 Å². The van der Waals surface area contributed by atoms with Crippen molar-refractivity contribution < 1.29 is 4.74 Å². The Hall–Kier alpha value is -0.810. The monoisotopic (exact) mass is 240 g/mol. The molecule has 0 bridgehead atoms. The van der Waals surface area contributed by atoms with Crippen LogP contribution < -0.4 is 16.6 Å². The van der Waals surface area contributed by atoms with Crippen molar-refractivity contribution in [3.05, 3.63) is 0 Å². The first-order chi connectivity index (χ1) is 8.29. The molecule has 0 aromatic rings. The van der Waals surface area contributed by atoms with E-state index in [0.717, 1.165) is 25.6 Å². The fourth-order valence-corrected chi connectivity index (χ4v) is 2.61. The van der Waals surface area contributed by atoms with Crippen molar-refractivity contribution in [3.8, 4) is 0 Å². The molecule has 0 aromatic heterocycles. The van der Waals surface area contributed by atoms with Gasteiger partial charge in [-0.25, -0.2) is 10.8 Å². The van der Waals surface area contributed by atoms with Crippen molar-refractivity contribution in [2.24, 2.45) is 16.8 Å². The van der Waals surface area contributed by atoms with Gasteiger partial charge in [0.1, 0.15) is 0 Å². The molecule has 0 amide bonds. The first-order valence-corrected chi connectivity index (χ1v) is 6.68. The number of nitrogens with two attached hydrogens (primary N) is 1. The van der Waals surface area contributed by atoms with Crippen LogP contribution in [0.15, 0.2) is 4.99 Å². The molecule has 2 fully saturated rings. The Labute approximate surface area is 103 Å². The normalized spacial score (nSPS) is 28.4. The smallest absolute Gasteiger partial charge is 0.206 e. The summed E-state index contributed by atoms with van der Waals surface area (Å²) in [6.45, 7) is 3.89. The molecule has 0 radical (unpaired) electrons. The maximum absolute atomic E-state index is 5.52. The van der Waals surface area contributed by atoms with E-state index in [2.05, 4.69) is 22.7 Å². The molecule has 2 unspecified atom stereocenters. The van der Waals surface area contributed by atoms with Gasteiger partial charge in [-0.2, -0.15) is 0 Å². The Kier molecular flexibility index (Phi) is 4.62. The van der Waals surface area contributed by atoms with Gasteiger partial charge >= 0.3 is 0 Å². The van der Waals surface area contributed by atoms with Gasteiger partial charge in [0.25, 0.3) is 0 Å². The minimum atomic E-state index is 0.355. The standard InChI is InChI=1S/C12H24N4O/c1-9(10-6-7-17-8-10)14-12(16-13)15-11-4-2-3-5-11/h9-11H,2-8,13H2,1H3,(H2,14,15,16). The number of aliphatic imine (C=N–C) groups is 1. The van der Waals surface area contributed by atoms with Crippen molar-refractivity contribution in [3.63, 3.8) is 0 Å². The Morgan fingerprint density at radius 2 is 2.12 bits per heavy atom. The van der Waals surface area contributed by atoms with E-state index in [1.165, 1.54) is 25.7 Å². The summed E-state index contributed by atoms with van der Waals surface area (Å²) in [7, 11) is 0.